The molecule has 4 heteroatoms. The van der Waals surface area contributed by atoms with Crippen LogP contribution in [0.1, 0.15) is 6.92 Å². The number of hydrogen-bond acceptors (Lipinski definition) is 3. The number of carboxylic acid groups (broad SMARTS) is 1. The minimum atomic E-state index is -1.28. The summed E-state index contributed by atoms with van der Waals surface area (Å²) in [5, 5.41) is 11.8. The molecule has 0 heterocycles. The molecule has 0 aromatic rings. The second-order valence-electron chi connectivity index (χ2n) is 1.33. The van der Waals surface area contributed by atoms with Crippen molar-refractivity contribution in [3.05, 3.63) is 0 Å². The Morgan fingerprint density at radius 3 is 2.50 bits per heavy atom. The van der Waals surface area contributed by atoms with Gasteiger partial charge in [-0.25, -0.2) is 0 Å². The van der Waals surface area contributed by atoms with Crippen molar-refractivity contribution in [3.63, 3.8) is 0 Å². The normalized spacial score (nSPS) is 12.1. The molecule has 0 radical (unpaired) electrons. The number of rotatable bonds is 3. The minimum Gasteiger partial charge on any atom is -0.548 e. The van der Waals surface area contributed by atoms with E-state index in [0.717, 1.165) is 0 Å². The van der Waals surface area contributed by atoms with E-state index >= 15 is 0 Å². The SMILES string of the molecule is C[C@@H](NC=O)C(=O)[O-]. The van der Waals surface area contributed by atoms with Crippen molar-refractivity contribution in [2.45, 2.75) is 13.0 Å². The molecule has 0 aromatic carbocycles. The Bertz CT molecular complexity index is 101. The van der Waals surface area contributed by atoms with E-state index < -0.39 is 12.0 Å². The summed E-state index contributed by atoms with van der Waals surface area (Å²) in [6.07, 6.45) is 0.320. The van der Waals surface area contributed by atoms with E-state index in [9.17, 15) is 14.7 Å². The van der Waals surface area contributed by atoms with Gasteiger partial charge in [0.25, 0.3) is 0 Å². The van der Waals surface area contributed by atoms with E-state index in [0.29, 0.717) is 6.41 Å². The first kappa shape index (κ1) is 6.94. The van der Waals surface area contributed by atoms with Crippen LogP contribution in [-0.2, 0) is 9.59 Å². The van der Waals surface area contributed by atoms with Gasteiger partial charge in [-0.15, -0.1) is 0 Å². The molecule has 0 aromatic heterocycles. The van der Waals surface area contributed by atoms with Crippen LogP contribution < -0.4 is 10.4 Å². The number of carboxylic acids is 1. The third kappa shape index (κ3) is 2.17. The summed E-state index contributed by atoms with van der Waals surface area (Å²) in [5.41, 5.74) is 0. The van der Waals surface area contributed by atoms with Crippen molar-refractivity contribution in [1.82, 2.24) is 5.32 Å². The second kappa shape index (κ2) is 3.01. The van der Waals surface area contributed by atoms with Gasteiger partial charge in [0.2, 0.25) is 6.41 Å². The molecule has 0 aliphatic rings. The number of carbonyl (C=O) groups excluding carboxylic acids is 2. The minimum absolute atomic E-state index is 0.320. The maximum absolute atomic E-state index is 9.76. The summed E-state index contributed by atoms with van der Waals surface area (Å²) in [6.45, 7) is 1.32. The predicted molar refractivity (Wildman–Crippen MR) is 23.7 cm³/mol. The van der Waals surface area contributed by atoms with Crippen LogP contribution in [0, 0.1) is 0 Å². The molecule has 46 valence electrons. The molecule has 0 aliphatic carbocycles. The maximum atomic E-state index is 9.76. The fraction of sp³-hybridized carbons (Fsp3) is 0.500. The van der Waals surface area contributed by atoms with Crippen LogP contribution in [-0.4, -0.2) is 18.4 Å². The lowest BCUT2D eigenvalue weighted by Crippen LogP contribution is -2.42. The van der Waals surface area contributed by atoms with Gasteiger partial charge in [0, 0.05) is 0 Å². The van der Waals surface area contributed by atoms with Crippen molar-refractivity contribution in [1.29, 1.82) is 0 Å². The zero-order valence-electron chi connectivity index (χ0n) is 4.38. The molecule has 0 fully saturated rings. The van der Waals surface area contributed by atoms with Crippen molar-refractivity contribution < 1.29 is 14.7 Å². The highest BCUT2D eigenvalue weighted by molar-refractivity contribution is 5.73. The van der Waals surface area contributed by atoms with Gasteiger partial charge in [-0.2, -0.15) is 0 Å². The van der Waals surface area contributed by atoms with Crippen molar-refractivity contribution in [2.24, 2.45) is 0 Å². The first-order chi connectivity index (χ1) is 3.68. The lowest BCUT2D eigenvalue weighted by Gasteiger charge is -2.08. The average molecular weight is 116 g/mol. The summed E-state index contributed by atoms with van der Waals surface area (Å²) in [5.74, 6) is -1.28. The fourth-order valence-corrected chi connectivity index (χ4v) is 0.170. The van der Waals surface area contributed by atoms with E-state index in [1.54, 1.807) is 0 Å². The Morgan fingerprint density at radius 1 is 1.88 bits per heavy atom. The van der Waals surface area contributed by atoms with Gasteiger partial charge >= 0.3 is 0 Å². The van der Waals surface area contributed by atoms with Crippen LogP contribution in [0.2, 0.25) is 0 Å². The van der Waals surface area contributed by atoms with Crippen molar-refractivity contribution in [2.75, 3.05) is 0 Å². The number of carbonyl (C=O) groups is 2. The van der Waals surface area contributed by atoms with Crippen molar-refractivity contribution >= 4 is 12.4 Å². The molecule has 0 rings (SSSR count). The molecule has 0 spiro atoms. The Labute approximate surface area is 46.5 Å². The largest absolute Gasteiger partial charge is 0.548 e. The number of aliphatic carboxylic acids is 1. The zero-order valence-corrected chi connectivity index (χ0v) is 4.38. The van der Waals surface area contributed by atoms with E-state index in [4.69, 9.17) is 0 Å². The second-order valence-corrected chi connectivity index (χ2v) is 1.33. The van der Waals surface area contributed by atoms with Crippen molar-refractivity contribution in [3.8, 4) is 0 Å². The van der Waals surface area contributed by atoms with Crippen LogP contribution in [0.4, 0.5) is 0 Å². The van der Waals surface area contributed by atoms with Crippen LogP contribution in [0.15, 0.2) is 0 Å². The molecule has 8 heavy (non-hydrogen) atoms. The highest BCUT2D eigenvalue weighted by Crippen LogP contribution is 1.71. The molecular formula is C4H6NO3-. The van der Waals surface area contributed by atoms with Gasteiger partial charge in [-0.1, -0.05) is 0 Å². The Kier molecular flexibility index (Phi) is 2.61. The van der Waals surface area contributed by atoms with Crippen LogP contribution in [0.25, 0.3) is 0 Å². The molecule has 0 saturated carbocycles. The highest BCUT2D eigenvalue weighted by atomic mass is 16.4. The quantitative estimate of drug-likeness (QED) is 0.428. The standard InChI is InChI=1S/C4H7NO3/c1-3(4(7)8)5-2-6/h2-3H,1H3,(H,5,6)(H,7,8)/p-1/t3-/m1/s1. The molecule has 0 aliphatic heterocycles. The number of hydrogen-bond donors (Lipinski definition) is 1. The topological polar surface area (TPSA) is 69.2 Å². The Morgan fingerprint density at radius 2 is 2.38 bits per heavy atom. The lowest BCUT2D eigenvalue weighted by molar-refractivity contribution is -0.307. The molecule has 1 amide bonds. The van der Waals surface area contributed by atoms with Crippen LogP contribution >= 0.6 is 0 Å². The first-order valence-corrected chi connectivity index (χ1v) is 2.09. The third-order valence-electron chi connectivity index (χ3n) is 0.672. The monoisotopic (exact) mass is 116 g/mol. The molecular weight excluding hydrogens is 110 g/mol. The molecule has 1 N–H and O–H groups in total. The van der Waals surface area contributed by atoms with E-state index in [1.165, 1.54) is 6.92 Å². The van der Waals surface area contributed by atoms with E-state index in [2.05, 4.69) is 0 Å². The number of nitrogens with one attached hydrogen (secondary N) is 1. The van der Waals surface area contributed by atoms with E-state index in [1.807, 2.05) is 5.32 Å². The Balaban J connectivity index is 3.46. The third-order valence-corrected chi connectivity index (χ3v) is 0.672. The lowest BCUT2D eigenvalue weighted by atomic mass is 10.4. The fourth-order valence-electron chi connectivity index (χ4n) is 0.170. The van der Waals surface area contributed by atoms with Gasteiger partial charge in [-0.05, 0) is 6.92 Å². The Hall–Kier alpha value is -1.06. The highest BCUT2D eigenvalue weighted by Gasteiger charge is 1.95. The van der Waals surface area contributed by atoms with Gasteiger partial charge in [-0.3, -0.25) is 4.79 Å². The van der Waals surface area contributed by atoms with Crippen LogP contribution in [0.5, 0.6) is 0 Å². The van der Waals surface area contributed by atoms with Gasteiger partial charge in [0.15, 0.2) is 0 Å². The van der Waals surface area contributed by atoms with Gasteiger partial charge in [0.05, 0.1) is 12.0 Å². The molecule has 0 unspecified atom stereocenters. The summed E-state index contributed by atoms with van der Waals surface area (Å²) in [4.78, 5) is 19.3. The van der Waals surface area contributed by atoms with E-state index in [-0.39, 0.29) is 0 Å². The molecule has 4 nitrogen and oxygen atoms in total. The summed E-state index contributed by atoms with van der Waals surface area (Å²) in [6, 6.07) is -0.896. The zero-order chi connectivity index (χ0) is 6.57. The molecule has 0 bridgehead atoms. The summed E-state index contributed by atoms with van der Waals surface area (Å²) in [7, 11) is 0. The van der Waals surface area contributed by atoms with Gasteiger partial charge in [0.1, 0.15) is 0 Å². The predicted octanol–water partition coefficient (Wildman–Crippen LogP) is -2.13. The average Bonchev–Trinajstić information content (AvgIpc) is 1.67. The molecule has 0 saturated heterocycles. The first-order valence-electron chi connectivity index (χ1n) is 2.09. The van der Waals surface area contributed by atoms with Gasteiger partial charge < -0.3 is 15.2 Å². The summed E-state index contributed by atoms with van der Waals surface area (Å²) >= 11 is 0. The summed E-state index contributed by atoms with van der Waals surface area (Å²) < 4.78 is 0. The molecule has 1 atom stereocenters. The van der Waals surface area contributed by atoms with Crippen LogP contribution in [0.3, 0.4) is 0 Å². The maximum Gasteiger partial charge on any atom is 0.207 e. The number of amides is 1. The smallest absolute Gasteiger partial charge is 0.207 e.